The van der Waals surface area contributed by atoms with Crippen LogP contribution in [0.2, 0.25) is 0 Å². The lowest BCUT2D eigenvalue weighted by molar-refractivity contribution is -0.00670. The van der Waals surface area contributed by atoms with Crippen LogP contribution in [0.4, 0.5) is 0 Å². The second-order valence-electron chi connectivity index (χ2n) is 4.73. The van der Waals surface area contributed by atoms with Gasteiger partial charge in [0.1, 0.15) is 0 Å². The van der Waals surface area contributed by atoms with E-state index in [9.17, 15) is 0 Å². The Kier molecular flexibility index (Phi) is 5.17. The lowest BCUT2D eigenvalue weighted by Gasteiger charge is -2.27. The van der Waals surface area contributed by atoms with Gasteiger partial charge in [-0.25, -0.2) is 0 Å². The molecule has 0 N–H and O–H groups in total. The molecule has 2 unspecified atom stereocenters. The molecular formula is C12H21IO2. The highest BCUT2D eigenvalue weighted by molar-refractivity contribution is 14.1. The largest absolute Gasteiger partial charge is 0.379 e. The van der Waals surface area contributed by atoms with Gasteiger partial charge in [0.2, 0.25) is 0 Å². The van der Waals surface area contributed by atoms with Crippen LogP contribution in [0.1, 0.15) is 38.5 Å². The van der Waals surface area contributed by atoms with Crippen molar-refractivity contribution in [1.82, 2.24) is 0 Å². The van der Waals surface area contributed by atoms with Gasteiger partial charge in [-0.2, -0.15) is 0 Å². The molecule has 0 aromatic carbocycles. The second-order valence-corrected chi connectivity index (χ2v) is 6.33. The summed E-state index contributed by atoms with van der Waals surface area (Å²) in [5.41, 5.74) is 0. The monoisotopic (exact) mass is 324 g/mol. The van der Waals surface area contributed by atoms with Gasteiger partial charge in [-0.15, -0.1) is 0 Å². The highest BCUT2D eigenvalue weighted by atomic mass is 127. The van der Waals surface area contributed by atoms with Crippen LogP contribution >= 0.6 is 22.6 Å². The van der Waals surface area contributed by atoms with E-state index in [1.807, 2.05) is 0 Å². The van der Waals surface area contributed by atoms with Crippen LogP contribution in [0.15, 0.2) is 0 Å². The number of hydrogen-bond donors (Lipinski definition) is 0. The maximum atomic E-state index is 5.86. The molecule has 2 aliphatic rings. The summed E-state index contributed by atoms with van der Waals surface area (Å²) in [6.45, 7) is 2.54. The van der Waals surface area contributed by atoms with Crippen LogP contribution in [-0.4, -0.2) is 29.8 Å². The molecule has 2 atom stereocenters. The van der Waals surface area contributed by atoms with Crippen LogP contribution in [0.3, 0.4) is 0 Å². The number of alkyl halides is 1. The Morgan fingerprint density at radius 3 is 2.53 bits per heavy atom. The summed E-state index contributed by atoms with van der Waals surface area (Å²) in [5.74, 6) is 0.872. The van der Waals surface area contributed by atoms with Gasteiger partial charge in [0.25, 0.3) is 0 Å². The molecule has 3 heteroatoms. The molecule has 0 spiro atoms. The first kappa shape index (κ1) is 12.1. The molecule has 0 amide bonds. The van der Waals surface area contributed by atoms with Crippen molar-refractivity contribution in [3.8, 4) is 0 Å². The van der Waals surface area contributed by atoms with Crippen LogP contribution in [0.25, 0.3) is 0 Å². The van der Waals surface area contributed by atoms with E-state index in [2.05, 4.69) is 22.6 Å². The number of hydrogen-bond acceptors (Lipinski definition) is 2. The Labute approximate surface area is 106 Å². The van der Waals surface area contributed by atoms with Gasteiger partial charge >= 0.3 is 0 Å². The van der Waals surface area contributed by atoms with E-state index in [0.717, 1.165) is 29.7 Å². The first-order valence-corrected chi connectivity index (χ1v) is 7.44. The summed E-state index contributed by atoms with van der Waals surface area (Å²) in [6, 6.07) is 0. The molecule has 2 nitrogen and oxygen atoms in total. The van der Waals surface area contributed by atoms with Crippen molar-refractivity contribution in [3.63, 3.8) is 0 Å². The molecular weight excluding hydrogens is 303 g/mol. The van der Waals surface area contributed by atoms with Crippen LogP contribution in [0.5, 0.6) is 0 Å². The molecule has 0 saturated heterocycles. The van der Waals surface area contributed by atoms with E-state index in [4.69, 9.17) is 9.47 Å². The Morgan fingerprint density at radius 2 is 1.80 bits per heavy atom. The van der Waals surface area contributed by atoms with Gasteiger partial charge in [-0.05, 0) is 31.6 Å². The topological polar surface area (TPSA) is 18.5 Å². The van der Waals surface area contributed by atoms with Crippen molar-refractivity contribution < 1.29 is 9.47 Å². The molecule has 0 heterocycles. The number of ether oxygens (including phenoxy) is 2. The fraction of sp³-hybridized carbons (Fsp3) is 1.00. The zero-order valence-electron chi connectivity index (χ0n) is 9.29. The quantitative estimate of drug-likeness (QED) is 0.424. The van der Waals surface area contributed by atoms with E-state index in [1.54, 1.807) is 0 Å². The fourth-order valence-corrected chi connectivity index (χ4v) is 3.04. The molecule has 2 aliphatic carbocycles. The minimum absolute atomic E-state index is 0.490. The van der Waals surface area contributed by atoms with Crippen molar-refractivity contribution in [1.29, 1.82) is 0 Å². The van der Waals surface area contributed by atoms with Gasteiger partial charge in [0.15, 0.2) is 0 Å². The second kappa shape index (κ2) is 6.40. The summed E-state index contributed by atoms with van der Waals surface area (Å²) in [4.78, 5) is 0. The van der Waals surface area contributed by atoms with Crippen molar-refractivity contribution in [2.75, 3.05) is 19.8 Å². The normalized spacial score (nSPS) is 31.8. The molecule has 88 valence electrons. The zero-order valence-corrected chi connectivity index (χ0v) is 11.4. The lowest BCUT2D eigenvalue weighted by Crippen LogP contribution is -2.29. The van der Waals surface area contributed by atoms with Gasteiger partial charge in [0.05, 0.1) is 19.3 Å². The molecule has 0 bridgehead atoms. The summed E-state index contributed by atoms with van der Waals surface area (Å²) in [6.07, 6.45) is 8.53. The molecule has 2 rings (SSSR count). The zero-order chi connectivity index (χ0) is 10.5. The SMILES string of the molecule is IC1CCCCC1OCCOCC1CC1. The Bertz CT molecular complexity index is 182. The summed E-state index contributed by atoms with van der Waals surface area (Å²) in [7, 11) is 0. The predicted octanol–water partition coefficient (Wildman–Crippen LogP) is 3.18. The summed E-state index contributed by atoms with van der Waals surface area (Å²) >= 11 is 2.53. The molecule has 0 aromatic heterocycles. The Balaban J connectivity index is 1.48. The smallest absolute Gasteiger partial charge is 0.0704 e. The summed E-state index contributed by atoms with van der Waals surface area (Å²) < 4.78 is 12.1. The van der Waals surface area contributed by atoms with Crippen LogP contribution in [0, 0.1) is 5.92 Å². The first-order valence-electron chi connectivity index (χ1n) is 6.19. The lowest BCUT2D eigenvalue weighted by atomic mass is 9.98. The molecule has 2 fully saturated rings. The van der Waals surface area contributed by atoms with E-state index in [-0.39, 0.29) is 0 Å². The third-order valence-electron chi connectivity index (χ3n) is 3.23. The molecule has 2 saturated carbocycles. The van der Waals surface area contributed by atoms with Gasteiger partial charge in [-0.3, -0.25) is 0 Å². The number of halogens is 1. The van der Waals surface area contributed by atoms with Gasteiger partial charge < -0.3 is 9.47 Å². The number of rotatable bonds is 6. The third kappa shape index (κ3) is 4.57. The van der Waals surface area contributed by atoms with Crippen molar-refractivity contribution in [3.05, 3.63) is 0 Å². The maximum absolute atomic E-state index is 5.86. The summed E-state index contributed by atoms with van der Waals surface area (Å²) in [5, 5.41) is 0. The minimum atomic E-state index is 0.490. The highest BCUT2D eigenvalue weighted by Crippen LogP contribution is 2.29. The van der Waals surface area contributed by atoms with E-state index in [0.29, 0.717) is 6.10 Å². The average molecular weight is 324 g/mol. The molecule has 0 aromatic rings. The Morgan fingerprint density at radius 1 is 1.00 bits per heavy atom. The average Bonchev–Trinajstić information content (AvgIpc) is 3.04. The standard InChI is InChI=1S/C12H21IO2/c13-11-3-1-2-4-12(11)15-8-7-14-9-10-5-6-10/h10-12H,1-9H2. The van der Waals surface area contributed by atoms with Crippen LogP contribution < -0.4 is 0 Å². The molecule has 15 heavy (non-hydrogen) atoms. The van der Waals surface area contributed by atoms with E-state index >= 15 is 0 Å². The predicted molar refractivity (Wildman–Crippen MR) is 69.6 cm³/mol. The van der Waals surface area contributed by atoms with Crippen molar-refractivity contribution >= 4 is 22.6 Å². The molecule has 0 radical (unpaired) electrons. The molecule has 0 aliphatic heterocycles. The minimum Gasteiger partial charge on any atom is -0.379 e. The van der Waals surface area contributed by atoms with Crippen molar-refractivity contribution in [2.45, 2.75) is 48.6 Å². The fourth-order valence-electron chi connectivity index (χ4n) is 2.03. The van der Waals surface area contributed by atoms with E-state index in [1.165, 1.54) is 38.5 Å². The van der Waals surface area contributed by atoms with Crippen molar-refractivity contribution in [2.24, 2.45) is 5.92 Å². The first-order chi connectivity index (χ1) is 7.36. The van der Waals surface area contributed by atoms with E-state index < -0.39 is 0 Å². The van der Waals surface area contributed by atoms with Gasteiger partial charge in [-0.1, -0.05) is 35.4 Å². The maximum Gasteiger partial charge on any atom is 0.0704 e. The Hall–Kier alpha value is 0.650. The van der Waals surface area contributed by atoms with Gasteiger partial charge in [0, 0.05) is 10.5 Å². The van der Waals surface area contributed by atoms with Crippen LogP contribution in [-0.2, 0) is 9.47 Å². The highest BCUT2D eigenvalue weighted by Gasteiger charge is 2.23. The third-order valence-corrected chi connectivity index (χ3v) is 4.66.